The van der Waals surface area contributed by atoms with Crippen LogP contribution in [0.3, 0.4) is 0 Å². The van der Waals surface area contributed by atoms with Crippen LogP contribution in [-0.4, -0.2) is 35.5 Å². The number of nitrogens with zero attached hydrogens (tertiary/aromatic N) is 1. The molecule has 1 amide bonds. The minimum absolute atomic E-state index is 0.0742. The summed E-state index contributed by atoms with van der Waals surface area (Å²) < 4.78 is 13.7. The number of piperazine rings is 1. The van der Waals surface area contributed by atoms with Crippen LogP contribution in [-0.2, 0) is 0 Å². The molecule has 1 aliphatic rings. The lowest BCUT2D eigenvalue weighted by Crippen LogP contribution is -2.62. The second kappa shape index (κ2) is 4.69. The highest BCUT2D eigenvalue weighted by molar-refractivity contribution is 5.94. The fourth-order valence-electron chi connectivity index (χ4n) is 2.23. The molecule has 0 saturated carbocycles. The molecule has 1 aromatic rings. The molecular formula is C14H19FN2O. The first kappa shape index (κ1) is 13.0. The van der Waals surface area contributed by atoms with E-state index in [9.17, 15) is 9.18 Å². The highest BCUT2D eigenvalue weighted by atomic mass is 19.1. The third kappa shape index (κ3) is 2.53. The normalized spacial score (nSPS) is 22.9. The number of benzene rings is 1. The van der Waals surface area contributed by atoms with Gasteiger partial charge in [0, 0.05) is 24.7 Å². The molecule has 0 aliphatic carbocycles. The average molecular weight is 250 g/mol. The molecule has 1 saturated heterocycles. The Bertz CT molecular complexity index is 459. The van der Waals surface area contributed by atoms with E-state index in [2.05, 4.69) is 5.32 Å². The molecule has 1 fully saturated rings. The van der Waals surface area contributed by atoms with E-state index >= 15 is 0 Å². The molecule has 1 aromatic carbocycles. The molecule has 1 unspecified atom stereocenters. The van der Waals surface area contributed by atoms with E-state index in [1.54, 1.807) is 23.1 Å². The molecule has 2 rings (SSSR count). The fourth-order valence-corrected chi connectivity index (χ4v) is 2.23. The first-order valence-corrected chi connectivity index (χ1v) is 6.21. The van der Waals surface area contributed by atoms with Gasteiger partial charge in [-0.15, -0.1) is 0 Å². The summed E-state index contributed by atoms with van der Waals surface area (Å²) in [5.41, 5.74) is 0.0232. The lowest BCUT2D eigenvalue weighted by atomic mass is 9.98. The summed E-state index contributed by atoms with van der Waals surface area (Å²) >= 11 is 0. The predicted octanol–water partition coefficient (Wildman–Crippen LogP) is 2.04. The zero-order valence-electron chi connectivity index (χ0n) is 11.0. The molecule has 1 N–H and O–H groups in total. The number of hydrogen-bond acceptors (Lipinski definition) is 2. The molecule has 98 valence electrons. The van der Waals surface area contributed by atoms with Crippen molar-refractivity contribution in [2.75, 3.05) is 13.1 Å². The zero-order chi connectivity index (χ0) is 13.3. The van der Waals surface area contributed by atoms with Crippen LogP contribution >= 0.6 is 0 Å². The third-order valence-corrected chi connectivity index (χ3v) is 3.34. The Morgan fingerprint density at radius 1 is 1.44 bits per heavy atom. The van der Waals surface area contributed by atoms with Gasteiger partial charge in [-0.25, -0.2) is 4.39 Å². The highest BCUT2D eigenvalue weighted by Crippen LogP contribution is 2.19. The summed E-state index contributed by atoms with van der Waals surface area (Å²) in [7, 11) is 0. The van der Waals surface area contributed by atoms with Crippen molar-refractivity contribution in [1.29, 1.82) is 0 Å². The van der Waals surface area contributed by atoms with Gasteiger partial charge in [-0.05, 0) is 32.9 Å². The minimum Gasteiger partial charge on any atom is -0.333 e. The monoisotopic (exact) mass is 250 g/mol. The predicted molar refractivity (Wildman–Crippen MR) is 69.0 cm³/mol. The summed E-state index contributed by atoms with van der Waals surface area (Å²) in [6, 6.07) is 6.22. The Morgan fingerprint density at radius 3 is 2.78 bits per heavy atom. The van der Waals surface area contributed by atoms with Crippen LogP contribution in [0.1, 0.15) is 31.1 Å². The molecule has 0 aromatic heterocycles. The fraction of sp³-hybridized carbons (Fsp3) is 0.500. The highest BCUT2D eigenvalue weighted by Gasteiger charge is 2.34. The molecule has 1 aliphatic heterocycles. The largest absolute Gasteiger partial charge is 0.333 e. The summed E-state index contributed by atoms with van der Waals surface area (Å²) in [6.45, 7) is 7.37. The van der Waals surface area contributed by atoms with Gasteiger partial charge < -0.3 is 10.2 Å². The zero-order valence-corrected chi connectivity index (χ0v) is 11.0. The van der Waals surface area contributed by atoms with Crippen LogP contribution in [0.2, 0.25) is 0 Å². The Hall–Kier alpha value is -1.42. The maximum atomic E-state index is 13.7. The minimum atomic E-state index is -0.453. The summed E-state index contributed by atoms with van der Waals surface area (Å²) in [5, 5.41) is 3.37. The lowest BCUT2D eigenvalue weighted by Gasteiger charge is -2.43. The van der Waals surface area contributed by atoms with Gasteiger partial charge in [0.2, 0.25) is 0 Å². The first-order valence-electron chi connectivity index (χ1n) is 6.21. The lowest BCUT2D eigenvalue weighted by molar-refractivity contribution is 0.0528. The Balaban J connectivity index is 2.25. The van der Waals surface area contributed by atoms with Crippen LogP contribution < -0.4 is 5.32 Å². The Morgan fingerprint density at radius 2 is 2.11 bits per heavy atom. The number of halogens is 1. The van der Waals surface area contributed by atoms with Gasteiger partial charge in [-0.3, -0.25) is 4.79 Å². The van der Waals surface area contributed by atoms with Crippen molar-refractivity contribution >= 4 is 5.91 Å². The molecule has 1 atom stereocenters. The van der Waals surface area contributed by atoms with Gasteiger partial charge in [-0.1, -0.05) is 12.1 Å². The van der Waals surface area contributed by atoms with Crippen molar-refractivity contribution in [2.45, 2.75) is 32.4 Å². The summed E-state index contributed by atoms with van der Waals surface area (Å²) in [5.74, 6) is -0.679. The van der Waals surface area contributed by atoms with E-state index < -0.39 is 5.82 Å². The SMILES string of the molecule is CC1CNC(C)(C)CN1C(=O)c1ccccc1F. The van der Waals surface area contributed by atoms with Gasteiger partial charge in [0.1, 0.15) is 5.82 Å². The average Bonchev–Trinajstić information content (AvgIpc) is 2.32. The van der Waals surface area contributed by atoms with Gasteiger partial charge in [0.25, 0.3) is 5.91 Å². The topological polar surface area (TPSA) is 32.3 Å². The van der Waals surface area contributed by atoms with Crippen LogP contribution in [0, 0.1) is 5.82 Å². The van der Waals surface area contributed by atoms with E-state index in [4.69, 9.17) is 0 Å². The van der Waals surface area contributed by atoms with Gasteiger partial charge >= 0.3 is 0 Å². The van der Waals surface area contributed by atoms with Crippen LogP contribution in [0.25, 0.3) is 0 Å². The molecule has 0 spiro atoms. The molecule has 18 heavy (non-hydrogen) atoms. The Kier molecular flexibility index (Phi) is 3.39. The maximum absolute atomic E-state index is 13.7. The van der Waals surface area contributed by atoms with Crippen molar-refractivity contribution in [1.82, 2.24) is 10.2 Å². The van der Waals surface area contributed by atoms with Crippen molar-refractivity contribution in [2.24, 2.45) is 0 Å². The van der Waals surface area contributed by atoms with Crippen LogP contribution in [0.5, 0.6) is 0 Å². The third-order valence-electron chi connectivity index (χ3n) is 3.34. The molecule has 0 radical (unpaired) electrons. The molecular weight excluding hydrogens is 231 g/mol. The van der Waals surface area contributed by atoms with E-state index in [1.165, 1.54) is 6.07 Å². The molecule has 4 heteroatoms. The van der Waals surface area contributed by atoms with Crippen molar-refractivity contribution in [3.05, 3.63) is 35.6 Å². The van der Waals surface area contributed by atoms with Crippen molar-refractivity contribution in [3.63, 3.8) is 0 Å². The Labute approximate surface area is 107 Å². The summed E-state index contributed by atoms with van der Waals surface area (Å²) in [4.78, 5) is 14.1. The first-order chi connectivity index (χ1) is 8.41. The van der Waals surface area contributed by atoms with Gasteiger partial charge in [0.05, 0.1) is 5.56 Å². The molecule has 0 bridgehead atoms. The molecule has 1 heterocycles. The van der Waals surface area contributed by atoms with E-state index in [1.807, 2.05) is 20.8 Å². The second-order valence-electron chi connectivity index (χ2n) is 5.53. The number of carbonyl (C=O) groups is 1. The van der Waals surface area contributed by atoms with Gasteiger partial charge in [-0.2, -0.15) is 0 Å². The standard InChI is InChI=1S/C14H19FN2O/c1-10-8-16-14(2,3)9-17(10)13(18)11-6-4-5-7-12(11)15/h4-7,10,16H,8-9H2,1-3H3. The van der Waals surface area contributed by atoms with Crippen LogP contribution in [0.4, 0.5) is 4.39 Å². The van der Waals surface area contributed by atoms with E-state index in [-0.39, 0.29) is 23.1 Å². The molecule has 3 nitrogen and oxygen atoms in total. The smallest absolute Gasteiger partial charge is 0.257 e. The number of nitrogens with one attached hydrogen (secondary N) is 1. The number of carbonyl (C=O) groups excluding carboxylic acids is 1. The van der Waals surface area contributed by atoms with E-state index in [0.29, 0.717) is 6.54 Å². The van der Waals surface area contributed by atoms with Crippen LogP contribution in [0.15, 0.2) is 24.3 Å². The maximum Gasteiger partial charge on any atom is 0.257 e. The number of rotatable bonds is 1. The number of hydrogen-bond donors (Lipinski definition) is 1. The van der Waals surface area contributed by atoms with Crippen molar-refractivity contribution in [3.8, 4) is 0 Å². The summed E-state index contributed by atoms with van der Waals surface area (Å²) in [6.07, 6.45) is 0. The quantitative estimate of drug-likeness (QED) is 0.827. The van der Waals surface area contributed by atoms with E-state index in [0.717, 1.165) is 6.54 Å². The van der Waals surface area contributed by atoms with Gasteiger partial charge in [0.15, 0.2) is 0 Å². The van der Waals surface area contributed by atoms with Crippen molar-refractivity contribution < 1.29 is 9.18 Å². The number of amides is 1. The second-order valence-corrected chi connectivity index (χ2v) is 5.53.